The summed E-state index contributed by atoms with van der Waals surface area (Å²) in [6, 6.07) is 11.6. The van der Waals surface area contributed by atoms with Crippen LogP contribution in [0.2, 0.25) is 0 Å². The molecule has 1 saturated carbocycles. The summed E-state index contributed by atoms with van der Waals surface area (Å²) in [5.74, 6) is 1.82. The molecule has 0 spiro atoms. The molecule has 0 saturated heterocycles. The number of thioether (sulfide) groups is 1. The van der Waals surface area contributed by atoms with Crippen molar-refractivity contribution in [2.75, 3.05) is 7.11 Å². The van der Waals surface area contributed by atoms with E-state index in [2.05, 4.69) is 15.2 Å². The summed E-state index contributed by atoms with van der Waals surface area (Å²) in [5, 5.41) is 9.51. The molecule has 7 heteroatoms. The molecule has 3 aromatic rings. The molecule has 27 heavy (non-hydrogen) atoms. The quantitative estimate of drug-likeness (QED) is 0.668. The number of hydrogen-bond acceptors (Lipinski definition) is 6. The van der Waals surface area contributed by atoms with E-state index in [1.165, 1.54) is 11.8 Å². The molecule has 0 amide bonds. The fourth-order valence-electron chi connectivity index (χ4n) is 3.20. The van der Waals surface area contributed by atoms with Crippen molar-refractivity contribution >= 4 is 17.5 Å². The third kappa shape index (κ3) is 3.73. The Labute approximate surface area is 162 Å². The van der Waals surface area contributed by atoms with Crippen LogP contribution in [0.1, 0.15) is 25.7 Å². The van der Waals surface area contributed by atoms with Gasteiger partial charge >= 0.3 is 0 Å². The fourth-order valence-corrected chi connectivity index (χ4v) is 4.37. The number of Topliss-reactive ketones (excluding diaryl/α,β-unsaturated/α-hetero) is 1. The van der Waals surface area contributed by atoms with Crippen molar-refractivity contribution in [1.82, 2.24) is 19.7 Å². The second kappa shape index (κ2) is 7.92. The number of aromatic nitrogens is 4. The van der Waals surface area contributed by atoms with Crippen molar-refractivity contribution in [1.29, 1.82) is 0 Å². The third-order valence-corrected chi connectivity index (χ3v) is 5.91. The van der Waals surface area contributed by atoms with Gasteiger partial charge in [-0.25, -0.2) is 0 Å². The van der Waals surface area contributed by atoms with Gasteiger partial charge in [-0.05, 0) is 49.2 Å². The maximum atomic E-state index is 12.3. The summed E-state index contributed by atoms with van der Waals surface area (Å²) < 4.78 is 7.27. The van der Waals surface area contributed by atoms with Crippen LogP contribution >= 0.6 is 11.8 Å². The Hall–Kier alpha value is -2.67. The molecule has 4 rings (SSSR count). The number of ether oxygens (including phenoxy) is 1. The van der Waals surface area contributed by atoms with Crippen LogP contribution in [0.15, 0.2) is 53.9 Å². The molecule has 0 aliphatic heterocycles. The normalized spacial score (nSPS) is 17.1. The zero-order valence-corrected chi connectivity index (χ0v) is 15.9. The van der Waals surface area contributed by atoms with Crippen molar-refractivity contribution in [2.24, 2.45) is 0 Å². The molecule has 2 heterocycles. The van der Waals surface area contributed by atoms with Crippen LogP contribution in [0.4, 0.5) is 0 Å². The Bertz CT molecular complexity index is 925. The predicted molar refractivity (Wildman–Crippen MR) is 104 cm³/mol. The molecule has 138 valence electrons. The number of ketones is 1. The number of nitrogens with zero attached hydrogens (tertiary/aromatic N) is 4. The summed E-state index contributed by atoms with van der Waals surface area (Å²) in [5.41, 5.74) is 1.86. The van der Waals surface area contributed by atoms with Gasteiger partial charge < -0.3 is 4.74 Å². The van der Waals surface area contributed by atoms with Gasteiger partial charge in [0.1, 0.15) is 11.5 Å². The first-order valence-electron chi connectivity index (χ1n) is 8.96. The number of carbonyl (C=O) groups excluding carboxylic acids is 1. The van der Waals surface area contributed by atoms with Gasteiger partial charge in [0.2, 0.25) is 0 Å². The number of carbonyl (C=O) groups is 1. The van der Waals surface area contributed by atoms with Crippen molar-refractivity contribution < 1.29 is 9.53 Å². The minimum atomic E-state index is -0.0507. The first-order valence-corrected chi connectivity index (χ1v) is 9.84. The largest absolute Gasteiger partial charge is 0.497 e. The molecule has 0 N–H and O–H groups in total. The third-order valence-electron chi connectivity index (χ3n) is 4.65. The molecule has 0 radical (unpaired) electrons. The molecule has 1 atom stereocenters. The van der Waals surface area contributed by atoms with Crippen molar-refractivity contribution in [3.05, 3.63) is 48.8 Å². The summed E-state index contributed by atoms with van der Waals surface area (Å²) in [4.78, 5) is 16.4. The van der Waals surface area contributed by atoms with Gasteiger partial charge in [-0.1, -0.05) is 18.2 Å². The standard InChI is InChI=1S/C20H20N4O2S/c1-26-16-8-6-15(7-9-16)24-19(14-10-12-21-13-11-14)22-23-20(24)27-18-5-3-2-4-17(18)25/h6-13,18H,2-5H2,1H3/t18-/m0/s1. The van der Waals surface area contributed by atoms with E-state index in [4.69, 9.17) is 4.74 Å². The smallest absolute Gasteiger partial charge is 0.196 e. The van der Waals surface area contributed by atoms with Gasteiger partial charge in [0.15, 0.2) is 11.0 Å². The average molecular weight is 380 g/mol. The lowest BCUT2D eigenvalue weighted by molar-refractivity contribution is -0.119. The van der Waals surface area contributed by atoms with Crippen LogP contribution in [-0.4, -0.2) is 37.9 Å². The van der Waals surface area contributed by atoms with E-state index in [1.807, 2.05) is 41.0 Å². The Balaban J connectivity index is 1.76. The summed E-state index contributed by atoms with van der Waals surface area (Å²) in [6.45, 7) is 0. The average Bonchev–Trinajstić information content (AvgIpc) is 3.14. The van der Waals surface area contributed by atoms with Crippen LogP contribution < -0.4 is 4.74 Å². The van der Waals surface area contributed by atoms with Gasteiger partial charge in [-0.2, -0.15) is 0 Å². The molecular formula is C20H20N4O2S. The Morgan fingerprint density at radius 3 is 2.56 bits per heavy atom. The summed E-state index contributed by atoms with van der Waals surface area (Å²) in [7, 11) is 1.64. The monoisotopic (exact) mass is 380 g/mol. The lowest BCUT2D eigenvalue weighted by Crippen LogP contribution is -2.21. The van der Waals surface area contributed by atoms with Gasteiger partial charge in [0.25, 0.3) is 0 Å². The van der Waals surface area contributed by atoms with E-state index in [9.17, 15) is 4.79 Å². The minimum Gasteiger partial charge on any atom is -0.497 e. The highest BCUT2D eigenvalue weighted by Crippen LogP contribution is 2.34. The van der Waals surface area contributed by atoms with Gasteiger partial charge in [-0.3, -0.25) is 14.3 Å². The molecular weight excluding hydrogens is 360 g/mol. The molecule has 1 aliphatic carbocycles. The van der Waals surface area contributed by atoms with E-state index >= 15 is 0 Å². The number of rotatable bonds is 5. The van der Waals surface area contributed by atoms with Gasteiger partial charge in [-0.15, -0.1) is 10.2 Å². The second-order valence-corrected chi connectivity index (χ2v) is 7.56. The Kier molecular flexibility index (Phi) is 5.20. The zero-order valence-electron chi connectivity index (χ0n) is 15.0. The van der Waals surface area contributed by atoms with Crippen molar-refractivity contribution in [2.45, 2.75) is 36.1 Å². The van der Waals surface area contributed by atoms with Crippen LogP contribution in [0.5, 0.6) is 5.75 Å². The molecule has 6 nitrogen and oxygen atoms in total. The number of pyridine rings is 1. The molecule has 1 aliphatic rings. The zero-order chi connectivity index (χ0) is 18.6. The predicted octanol–water partition coefficient (Wildman–Crippen LogP) is 3.94. The first kappa shape index (κ1) is 17.7. The summed E-state index contributed by atoms with van der Waals surface area (Å²) in [6.07, 6.45) is 7.09. The number of methoxy groups -OCH3 is 1. The van der Waals surface area contributed by atoms with Crippen molar-refractivity contribution in [3.63, 3.8) is 0 Å². The number of hydrogen-bond donors (Lipinski definition) is 0. The van der Waals surface area contributed by atoms with Crippen molar-refractivity contribution in [3.8, 4) is 22.8 Å². The van der Waals surface area contributed by atoms with Crippen LogP contribution in [0, 0.1) is 0 Å². The molecule has 2 aromatic heterocycles. The SMILES string of the molecule is COc1ccc(-n2c(S[C@H]3CCCCC3=O)nnc2-c2ccncc2)cc1. The van der Waals surface area contributed by atoms with Crippen LogP contribution in [0.3, 0.4) is 0 Å². The Morgan fingerprint density at radius 1 is 1.07 bits per heavy atom. The van der Waals surface area contributed by atoms with E-state index in [-0.39, 0.29) is 5.25 Å². The lowest BCUT2D eigenvalue weighted by Gasteiger charge is -2.20. The topological polar surface area (TPSA) is 69.9 Å². The van der Waals surface area contributed by atoms with E-state index in [1.54, 1.807) is 19.5 Å². The van der Waals surface area contributed by atoms with E-state index in [0.29, 0.717) is 12.2 Å². The minimum absolute atomic E-state index is 0.0507. The maximum Gasteiger partial charge on any atom is 0.196 e. The molecule has 1 fully saturated rings. The van der Waals surface area contributed by atoms with E-state index in [0.717, 1.165) is 47.2 Å². The van der Waals surface area contributed by atoms with E-state index < -0.39 is 0 Å². The highest BCUT2D eigenvalue weighted by Gasteiger charge is 2.27. The Morgan fingerprint density at radius 2 is 1.85 bits per heavy atom. The molecule has 1 aromatic carbocycles. The number of benzene rings is 1. The van der Waals surface area contributed by atoms with Gasteiger partial charge in [0, 0.05) is 30.1 Å². The van der Waals surface area contributed by atoms with Crippen LogP contribution in [0.25, 0.3) is 17.1 Å². The highest BCUT2D eigenvalue weighted by molar-refractivity contribution is 8.00. The highest BCUT2D eigenvalue weighted by atomic mass is 32.2. The summed E-state index contributed by atoms with van der Waals surface area (Å²) >= 11 is 1.51. The maximum absolute atomic E-state index is 12.3. The first-order chi connectivity index (χ1) is 13.3. The van der Waals surface area contributed by atoms with Gasteiger partial charge in [0.05, 0.1) is 12.4 Å². The van der Waals surface area contributed by atoms with Crippen LogP contribution in [-0.2, 0) is 4.79 Å². The molecule has 0 bridgehead atoms. The lowest BCUT2D eigenvalue weighted by atomic mass is 9.99. The fraction of sp³-hybridized carbons (Fsp3) is 0.300. The second-order valence-electron chi connectivity index (χ2n) is 6.39. The molecule has 0 unspecified atom stereocenters.